The number of benzene rings is 1. The average Bonchev–Trinajstić information content (AvgIpc) is 3.43. The van der Waals surface area contributed by atoms with Gasteiger partial charge in [0.2, 0.25) is 5.95 Å². The molecule has 5 heterocycles. The van der Waals surface area contributed by atoms with Crippen LogP contribution in [0.4, 0.5) is 22.0 Å². The molecule has 0 spiro atoms. The Kier molecular flexibility index (Phi) is 7.75. The van der Waals surface area contributed by atoms with Crippen LogP contribution in [0.2, 0.25) is 0 Å². The van der Waals surface area contributed by atoms with Crippen LogP contribution in [0.15, 0.2) is 42.6 Å². The van der Waals surface area contributed by atoms with Crippen LogP contribution in [0.5, 0.6) is 0 Å². The molecule has 3 aliphatic rings. The maximum atomic E-state index is 13.6. The minimum Gasteiger partial charge on any atom is -0.353 e. The van der Waals surface area contributed by atoms with E-state index in [1.165, 1.54) is 12.1 Å². The lowest BCUT2D eigenvalue weighted by atomic mass is 10.1. The van der Waals surface area contributed by atoms with Gasteiger partial charge in [0, 0.05) is 82.8 Å². The SMILES string of the molecule is Cc1cc(C(=O)N2CCN(C)CC2)cnc1N1CCN(c2cc(-c3ccc(F)cc3)nc(N3CCCC3C)n2)CC1. The summed E-state index contributed by atoms with van der Waals surface area (Å²) in [6.07, 6.45) is 3.99. The molecule has 3 fully saturated rings. The van der Waals surface area contributed by atoms with Crippen LogP contribution in [-0.4, -0.2) is 103 Å². The molecule has 1 atom stereocenters. The molecule has 3 saturated heterocycles. The van der Waals surface area contributed by atoms with Gasteiger partial charge < -0.3 is 24.5 Å². The molecule has 0 aliphatic carbocycles. The fourth-order valence-corrected chi connectivity index (χ4v) is 6.07. The van der Waals surface area contributed by atoms with Crippen LogP contribution in [0.1, 0.15) is 35.7 Å². The zero-order valence-electron chi connectivity index (χ0n) is 24.3. The standard InChI is InChI=1S/C31H39FN8O/c1-22-19-25(30(41)39-13-11-36(3)12-14-39)21-33-29(22)38-17-15-37(16-18-38)28-20-27(24-6-8-26(32)9-7-24)34-31(35-28)40-10-4-5-23(40)2/h6-9,19-21,23H,4-5,10-18H2,1-3H3. The largest absolute Gasteiger partial charge is 0.353 e. The first kappa shape index (κ1) is 27.4. The Morgan fingerprint density at radius 3 is 2.27 bits per heavy atom. The van der Waals surface area contributed by atoms with E-state index in [9.17, 15) is 9.18 Å². The Bertz CT molecular complexity index is 1380. The Morgan fingerprint density at radius 1 is 0.902 bits per heavy atom. The van der Waals surface area contributed by atoms with E-state index in [0.717, 1.165) is 106 Å². The minimum absolute atomic E-state index is 0.0638. The van der Waals surface area contributed by atoms with Crippen molar-refractivity contribution in [1.29, 1.82) is 0 Å². The summed E-state index contributed by atoms with van der Waals surface area (Å²) in [6, 6.07) is 10.9. The highest BCUT2D eigenvalue weighted by Gasteiger charge is 2.27. The third-order valence-corrected chi connectivity index (χ3v) is 8.64. The molecule has 1 unspecified atom stereocenters. The van der Waals surface area contributed by atoms with Crippen molar-refractivity contribution in [3.8, 4) is 11.3 Å². The smallest absolute Gasteiger partial charge is 0.255 e. The lowest BCUT2D eigenvalue weighted by molar-refractivity contribution is 0.0663. The molecule has 1 aromatic carbocycles. The Morgan fingerprint density at radius 2 is 1.61 bits per heavy atom. The molecule has 0 bridgehead atoms. The number of nitrogens with zero attached hydrogens (tertiary/aromatic N) is 8. The summed E-state index contributed by atoms with van der Waals surface area (Å²) in [4.78, 5) is 38.8. The van der Waals surface area contributed by atoms with Crippen LogP contribution >= 0.6 is 0 Å². The third kappa shape index (κ3) is 5.84. The van der Waals surface area contributed by atoms with Crippen LogP contribution in [0, 0.1) is 12.7 Å². The second-order valence-electron chi connectivity index (χ2n) is 11.5. The second-order valence-corrected chi connectivity index (χ2v) is 11.5. The van der Waals surface area contributed by atoms with E-state index in [2.05, 4.69) is 33.6 Å². The number of hydrogen-bond acceptors (Lipinski definition) is 8. The first-order valence-corrected chi connectivity index (χ1v) is 14.7. The predicted molar refractivity (Wildman–Crippen MR) is 160 cm³/mol. The van der Waals surface area contributed by atoms with E-state index in [1.54, 1.807) is 18.3 Å². The highest BCUT2D eigenvalue weighted by atomic mass is 19.1. The summed E-state index contributed by atoms with van der Waals surface area (Å²) in [5.41, 5.74) is 3.37. The number of hydrogen-bond donors (Lipinski definition) is 0. The average molecular weight is 559 g/mol. The molecule has 41 heavy (non-hydrogen) atoms. The molecular formula is C31H39FN8O. The van der Waals surface area contributed by atoms with Crippen molar-refractivity contribution < 1.29 is 9.18 Å². The number of likely N-dealkylation sites (N-methyl/N-ethyl adjacent to an activating group) is 1. The number of carbonyl (C=O) groups is 1. The van der Waals surface area contributed by atoms with Crippen molar-refractivity contribution in [2.24, 2.45) is 0 Å². The predicted octanol–water partition coefficient (Wildman–Crippen LogP) is 3.69. The summed E-state index contributed by atoms with van der Waals surface area (Å²) in [5, 5.41) is 0. The Hall–Kier alpha value is -3.79. The van der Waals surface area contributed by atoms with Crippen molar-refractivity contribution >= 4 is 23.5 Å². The highest BCUT2D eigenvalue weighted by molar-refractivity contribution is 5.94. The molecule has 9 nitrogen and oxygen atoms in total. The van der Waals surface area contributed by atoms with Crippen LogP contribution in [0.3, 0.4) is 0 Å². The van der Waals surface area contributed by atoms with Gasteiger partial charge in [-0.2, -0.15) is 4.98 Å². The molecule has 10 heteroatoms. The van der Waals surface area contributed by atoms with Crippen LogP contribution in [0.25, 0.3) is 11.3 Å². The van der Waals surface area contributed by atoms with Crippen LogP contribution in [-0.2, 0) is 0 Å². The fourth-order valence-electron chi connectivity index (χ4n) is 6.07. The summed E-state index contributed by atoms with van der Waals surface area (Å²) < 4.78 is 13.6. The van der Waals surface area contributed by atoms with E-state index in [0.29, 0.717) is 11.6 Å². The van der Waals surface area contributed by atoms with Gasteiger partial charge in [0.25, 0.3) is 5.91 Å². The summed E-state index contributed by atoms with van der Waals surface area (Å²) in [7, 11) is 2.09. The van der Waals surface area contributed by atoms with E-state index in [1.807, 2.05) is 24.0 Å². The van der Waals surface area contributed by atoms with Gasteiger partial charge in [-0.3, -0.25) is 4.79 Å². The van der Waals surface area contributed by atoms with Crippen molar-refractivity contribution in [2.45, 2.75) is 32.7 Å². The van der Waals surface area contributed by atoms with Gasteiger partial charge in [-0.1, -0.05) is 0 Å². The normalized spacial score (nSPS) is 20.1. The minimum atomic E-state index is -0.256. The van der Waals surface area contributed by atoms with Crippen molar-refractivity contribution in [2.75, 3.05) is 80.7 Å². The molecule has 3 aliphatic heterocycles. The Balaban J connectivity index is 1.18. The number of aromatic nitrogens is 3. The number of anilines is 3. The number of pyridine rings is 1. The number of amides is 1. The van der Waals surface area contributed by atoms with Crippen LogP contribution < -0.4 is 14.7 Å². The molecule has 0 N–H and O–H groups in total. The van der Waals surface area contributed by atoms with Gasteiger partial charge in [0.05, 0.1) is 11.3 Å². The summed E-state index contributed by atoms with van der Waals surface area (Å²) in [6.45, 7) is 11.7. The van der Waals surface area contributed by atoms with Gasteiger partial charge in [0.1, 0.15) is 17.5 Å². The number of rotatable bonds is 5. The van der Waals surface area contributed by atoms with Crippen molar-refractivity contribution in [1.82, 2.24) is 24.8 Å². The summed E-state index contributed by atoms with van der Waals surface area (Å²) in [5.74, 6) is 2.38. The van der Waals surface area contributed by atoms with Gasteiger partial charge >= 0.3 is 0 Å². The zero-order valence-corrected chi connectivity index (χ0v) is 24.3. The van der Waals surface area contributed by atoms with E-state index in [-0.39, 0.29) is 11.7 Å². The lowest BCUT2D eigenvalue weighted by Gasteiger charge is -2.37. The van der Waals surface area contributed by atoms with Gasteiger partial charge in [-0.05, 0) is 69.6 Å². The second kappa shape index (κ2) is 11.6. The first-order valence-electron chi connectivity index (χ1n) is 14.7. The fraction of sp³-hybridized carbons (Fsp3) is 0.484. The van der Waals surface area contributed by atoms with Gasteiger partial charge in [-0.15, -0.1) is 0 Å². The maximum Gasteiger partial charge on any atom is 0.255 e. The van der Waals surface area contributed by atoms with E-state index >= 15 is 0 Å². The molecule has 1 amide bonds. The third-order valence-electron chi connectivity index (χ3n) is 8.64. The molecule has 0 saturated carbocycles. The Labute approximate surface area is 241 Å². The topological polar surface area (TPSA) is 71.9 Å². The molecule has 6 rings (SSSR count). The number of carbonyl (C=O) groups excluding carboxylic acids is 1. The highest BCUT2D eigenvalue weighted by Crippen LogP contribution is 2.30. The molecule has 0 radical (unpaired) electrons. The molecule has 2 aromatic heterocycles. The lowest BCUT2D eigenvalue weighted by Crippen LogP contribution is -2.48. The van der Waals surface area contributed by atoms with E-state index in [4.69, 9.17) is 15.0 Å². The van der Waals surface area contributed by atoms with Gasteiger partial charge in [-0.25, -0.2) is 14.4 Å². The van der Waals surface area contributed by atoms with Crippen molar-refractivity contribution in [3.05, 3.63) is 59.5 Å². The zero-order chi connectivity index (χ0) is 28.5. The number of halogens is 1. The molecule has 216 valence electrons. The summed E-state index contributed by atoms with van der Waals surface area (Å²) >= 11 is 0. The van der Waals surface area contributed by atoms with E-state index < -0.39 is 0 Å². The maximum absolute atomic E-state index is 13.6. The van der Waals surface area contributed by atoms with Crippen molar-refractivity contribution in [3.63, 3.8) is 0 Å². The molecular weight excluding hydrogens is 519 g/mol. The quantitative estimate of drug-likeness (QED) is 0.470. The number of aryl methyl sites for hydroxylation is 1. The molecule has 3 aromatic rings. The first-order chi connectivity index (χ1) is 19.9. The van der Waals surface area contributed by atoms with Gasteiger partial charge in [0.15, 0.2) is 0 Å². The number of piperazine rings is 2. The monoisotopic (exact) mass is 558 g/mol.